The Balaban J connectivity index is 0.00000128. The third-order valence-corrected chi connectivity index (χ3v) is 2.28. The smallest absolute Gasteiger partial charge is 0.249 e. The molecule has 0 aromatic heterocycles. The fourth-order valence-corrected chi connectivity index (χ4v) is 1.57. The lowest BCUT2D eigenvalue weighted by atomic mass is 9.99. The number of hydrogen-bond acceptors (Lipinski definition) is 1. The number of rotatable bonds is 2. The second-order valence-electron chi connectivity index (χ2n) is 3.28. The summed E-state index contributed by atoms with van der Waals surface area (Å²) in [5.41, 5.74) is 7.76. The minimum absolute atomic E-state index is 0. The molecule has 0 radical (unpaired) electrons. The maximum atomic E-state index is 11.2. The van der Waals surface area contributed by atoms with Gasteiger partial charge in [0.2, 0.25) is 5.91 Å². The van der Waals surface area contributed by atoms with Crippen LogP contribution < -0.4 is 5.73 Å². The Hall–Kier alpha value is -2.09. The highest BCUT2D eigenvalue weighted by molar-refractivity contribution is 5.99. The summed E-state index contributed by atoms with van der Waals surface area (Å²) in [6, 6.07) is 17.1. The van der Waals surface area contributed by atoms with Gasteiger partial charge in [-0.3, -0.25) is 4.79 Å². The van der Waals surface area contributed by atoms with E-state index in [-0.39, 0.29) is 7.43 Å². The number of primary amides is 1. The summed E-state index contributed by atoms with van der Waals surface area (Å²) in [7, 11) is 0. The molecule has 0 bridgehead atoms. The first-order valence-corrected chi connectivity index (χ1v) is 4.73. The van der Waals surface area contributed by atoms with E-state index in [1.807, 2.05) is 48.5 Å². The molecule has 2 heteroatoms. The van der Waals surface area contributed by atoms with Crippen LogP contribution in [0.25, 0.3) is 11.1 Å². The van der Waals surface area contributed by atoms with Crippen molar-refractivity contribution in [2.45, 2.75) is 7.43 Å². The zero-order valence-electron chi connectivity index (χ0n) is 8.18. The van der Waals surface area contributed by atoms with Gasteiger partial charge in [0.25, 0.3) is 0 Å². The van der Waals surface area contributed by atoms with E-state index in [1.165, 1.54) is 0 Å². The Morgan fingerprint density at radius 1 is 0.875 bits per heavy atom. The Labute approximate surface area is 95.7 Å². The molecule has 2 N–H and O–H groups in total. The van der Waals surface area contributed by atoms with E-state index >= 15 is 0 Å². The molecule has 0 saturated carbocycles. The van der Waals surface area contributed by atoms with Crippen molar-refractivity contribution in [2.75, 3.05) is 0 Å². The van der Waals surface area contributed by atoms with Crippen LogP contribution in [0.1, 0.15) is 17.8 Å². The molecule has 0 unspecified atom stereocenters. The molecule has 82 valence electrons. The van der Waals surface area contributed by atoms with Crippen molar-refractivity contribution < 1.29 is 4.79 Å². The average molecular weight is 213 g/mol. The minimum Gasteiger partial charge on any atom is -0.366 e. The second-order valence-corrected chi connectivity index (χ2v) is 3.28. The Morgan fingerprint density at radius 3 is 2.06 bits per heavy atom. The van der Waals surface area contributed by atoms with E-state index in [0.29, 0.717) is 5.56 Å². The van der Waals surface area contributed by atoms with Gasteiger partial charge in [-0.1, -0.05) is 56.0 Å². The molecular weight excluding hydrogens is 198 g/mol. The van der Waals surface area contributed by atoms with Gasteiger partial charge in [-0.25, -0.2) is 0 Å². The average Bonchev–Trinajstić information content (AvgIpc) is 2.30. The standard InChI is InChI=1S/C13H11NO.CH4/c14-13(15)12-9-5-4-8-11(12)10-6-2-1-3-7-10;/h1-9H,(H2,14,15);1H4. The van der Waals surface area contributed by atoms with Gasteiger partial charge in [0.1, 0.15) is 0 Å². The molecule has 16 heavy (non-hydrogen) atoms. The lowest BCUT2D eigenvalue weighted by molar-refractivity contribution is 0.100. The SMILES string of the molecule is C.NC(=O)c1ccccc1-c1ccccc1. The molecule has 2 nitrogen and oxygen atoms in total. The topological polar surface area (TPSA) is 43.1 Å². The van der Waals surface area contributed by atoms with Crippen LogP contribution in [-0.4, -0.2) is 5.91 Å². The summed E-state index contributed by atoms with van der Waals surface area (Å²) >= 11 is 0. The lowest BCUT2D eigenvalue weighted by Gasteiger charge is -2.05. The molecule has 0 atom stereocenters. The van der Waals surface area contributed by atoms with Gasteiger partial charge in [0.15, 0.2) is 0 Å². The van der Waals surface area contributed by atoms with Crippen LogP contribution in [0.5, 0.6) is 0 Å². The summed E-state index contributed by atoms with van der Waals surface area (Å²) < 4.78 is 0. The van der Waals surface area contributed by atoms with Crippen LogP contribution in [0, 0.1) is 0 Å². The molecule has 2 aromatic rings. The lowest BCUT2D eigenvalue weighted by Crippen LogP contribution is -2.12. The van der Waals surface area contributed by atoms with Crippen LogP contribution in [-0.2, 0) is 0 Å². The molecule has 0 aliphatic carbocycles. The molecule has 2 rings (SSSR count). The Kier molecular flexibility index (Phi) is 3.84. The van der Waals surface area contributed by atoms with Gasteiger partial charge >= 0.3 is 0 Å². The number of nitrogens with two attached hydrogens (primary N) is 1. The van der Waals surface area contributed by atoms with Crippen LogP contribution in [0.4, 0.5) is 0 Å². The summed E-state index contributed by atoms with van der Waals surface area (Å²) in [6.07, 6.45) is 0. The fraction of sp³-hybridized carbons (Fsp3) is 0.0714. The van der Waals surface area contributed by atoms with E-state index in [2.05, 4.69) is 0 Å². The molecule has 0 aliphatic heterocycles. The molecule has 0 aliphatic rings. The Bertz CT molecular complexity index is 477. The molecule has 0 saturated heterocycles. The number of carbonyl (C=O) groups excluding carboxylic acids is 1. The third-order valence-electron chi connectivity index (χ3n) is 2.28. The fourth-order valence-electron chi connectivity index (χ4n) is 1.57. The van der Waals surface area contributed by atoms with Crippen molar-refractivity contribution in [1.29, 1.82) is 0 Å². The summed E-state index contributed by atoms with van der Waals surface area (Å²) in [4.78, 5) is 11.2. The molecular formula is C14H15NO. The molecule has 1 amide bonds. The van der Waals surface area contributed by atoms with E-state index in [0.717, 1.165) is 11.1 Å². The summed E-state index contributed by atoms with van der Waals surface area (Å²) in [6.45, 7) is 0. The highest BCUT2D eigenvalue weighted by Gasteiger charge is 2.07. The van der Waals surface area contributed by atoms with Crippen molar-refractivity contribution in [3.8, 4) is 11.1 Å². The first-order valence-electron chi connectivity index (χ1n) is 4.73. The highest BCUT2D eigenvalue weighted by Crippen LogP contribution is 2.22. The number of benzene rings is 2. The van der Waals surface area contributed by atoms with E-state index < -0.39 is 5.91 Å². The van der Waals surface area contributed by atoms with Crippen molar-refractivity contribution in [3.63, 3.8) is 0 Å². The van der Waals surface area contributed by atoms with Gasteiger partial charge in [0.05, 0.1) is 0 Å². The van der Waals surface area contributed by atoms with Crippen molar-refractivity contribution >= 4 is 5.91 Å². The predicted molar refractivity (Wildman–Crippen MR) is 67.1 cm³/mol. The van der Waals surface area contributed by atoms with Crippen molar-refractivity contribution in [1.82, 2.24) is 0 Å². The molecule has 0 fully saturated rings. The summed E-state index contributed by atoms with van der Waals surface area (Å²) in [5.74, 6) is -0.394. The van der Waals surface area contributed by atoms with Gasteiger partial charge in [-0.2, -0.15) is 0 Å². The van der Waals surface area contributed by atoms with E-state index in [9.17, 15) is 4.79 Å². The van der Waals surface area contributed by atoms with Crippen LogP contribution in [0.15, 0.2) is 54.6 Å². The molecule has 0 heterocycles. The zero-order chi connectivity index (χ0) is 10.7. The molecule has 2 aromatic carbocycles. The zero-order valence-corrected chi connectivity index (χ0v) is 8.18. The van der Waals surface area contributed by atoms with Crippen LogP contribution >= 0.6 is 0 Å². The first kappa shape index (κ1) is 12.0. The van der Waals surface area contributed by atoms with Crippen molar-refractivity contribution in [2.24, 2.45) is 5.73 Å². The third kappa shape index (κ3) is 2.28. The van der Waals surface area contributed by atoms with Crippen molar-refractivity contribution in [3.05, 3.63) is 60.2 Å². The van der Waals surface area contributed by atoms with E-state index in [1.54, 1.807) is 6.07 Å². The first-order chi connectivity index (χ1) is 7.29. The number of amides is 1. The quantitative estimate of drug-likeness (QED) is 0.818. The van der Waals surface area contributed by atoms with Gasteiger partial charge < -0.3 is 5.73 Å². The normalized spacial score (nSPS) is 9.25. The maximum absolute atomic E-state index is 11.2. The van der Waals surface area contributed by atoms with E-state index in [4.69, 9.17) is 5.73 Å². The minimum atomic E-state index is -0.394. The molecule has 0 spiro atoms. The number of hydrogen-bond donors (Lipinski definition) is 1. The van der Waals surface area contributed by atoms with Gasteiger partial charge in [-0.05, 0) is 17.2 Å². The van der Waals surface area contributed by atoms with Gasteiger partial charge in [-0.15, -0.1) is 0 Å². The van der Waals surface area contributed by atoms with Gasteiger partial charge in [0, 0.05) is 5.56 Å². The second kappa shape index (κ2) is 5.12. The van der Waals surface area contributed by atoms with Crippen LogP contribution in [0.3, 0.4) is 0 Å². The number of carbonyl (C=O) groups is 1. The largest absolute Gasteiger partial charge is 0.366 e. The predicted octanol–water partition coefficient (Wildman–Crippen LogP) is 3.09. The maximum Gasteiger partial charge on any atom is 0.249 e. The monoisotopic (exact) mass is 213 g/mol. The highest BCUT2D eigenvalue weighted by atomic mass is 16.1. The van der Waals surface area contributed by atoms with Crippen LogP contribution in [0.2, 0.25) is 0 Å². The summed E-state index contributed by atoms with van der Waals surface area (Å²) in [5, 5.41) is 0. The Morgan fingerprint density at radius 2 is 1.44 bits per heavy atom.